The summed E-state index contributed by atoms with van der Waals surface area (Å²) in [6.07, 6.45) is 3.89. The number of rotatable bonds is 6. The van der Waals surface area contributed by atoms with Crippen LogP contribution in [0, 0.1) is 0 Å². The number of aryl methyl sites for hydroxylation is 1. The predicted octanol–water partition coefficient (Wildman–Crippen LogP) is 4.25. The van der Waals surface area contributed by atoms with Gasteiger partial charge in [0.1, 0.15) is 4.83 Å². The van der Waals surface area contributed by atoms with E-state index in [4.69, 9.17) is 11.6 Å². The minimum Gasteiger partial charge on any atom is -0.333 e. The van der Waals surface area contributed by atoms with Crippen molar-refractivity contribution in [3.8, 4) is 0 Å². The molecule has 0 aliphatic heterocycles. The number of nitrogens with zero attached hydrogens (tertiary/aromatic N) is 3. The Morgan fingerprint density at radius 3 is 2.78 bits per heavy atom. The van der Waals surface area contributed by atoms with Gasteiger partial charge in [-0.05, 0) is 48.9 Å². The molecule has 1 saturated carbocycles. The Morgan fingerprint density at radius 1 is 1.33 bits per heavy atom. The summed E-state index contributed by atoms with van der Waals surface area (Å²) in [5.74, 6) is 0.0669. The first-order valence-electron chi connectivity index (χ1n) is 9.04. The fourth-order valence-corrected chi connectivity index (χ4v) is 4.24. The smallest absolute Gasteiger partial charge is 0.262 e. The summed E-state index contributed by atoms with van der Waals surface area (Å²) in [5.41, 5.74) is 0.982. The van der Waals surface area contributed by atoms with Gasteiger partial charge in [0.05, 0.1) is 17.8 Å². The molecule has 4 rings (SSSR count). The number of fused-ring (bicyclic) bond motifs is 1. The number of carbonyl (C=O) groups excluding carboxylic acids is 1. The lowest BCUT2D eigenvalue weighted by molar-refractivity contribution is -0.134. The first kappa shape index (κ1) is 18.2. The zero-order valence-corrected chi connectivity index (χ0v) is 16.5. The van der Waals surface area contributed by atoms with Gasteiger partial charge in [-0.3, -0.25) is 14.2 Å². The molecular formula is C20H20ClN3O2S. The van der Waals surface area contributed by atoms with Gasteiger partial charge in [0, 0.05) is 24.0 Å². The Balaban J connectivity index is 1.50. The largest absolute Gasteiger partial charge is 0.333 e. The number of hydrogen-bond acceptors (Lipinski definition) is 4. The highest BCUT2D eigenvalue weighted by Gasteiger charge is 2.35. The number of thiophene rings is 1. The maximum Gasteiger partial charge on any atom is 0.262 e. The number of hydrogen-bond donors (Lipinski definition) is 0. The third kappa shape index (κ3) is 3.77. The molecule has 2 heterocycles. The van der Waals surface area contributed by atoms with Crippen molar-refractivity contribution in [2.45, 2.75) is 44.8 Å². The van der Waals surface area contributed by atoms with Gasteiger partial charge in [-0.15, -0.1) is 11.3 Å². The molecule has 0 spiro atoms. The van der Waals surface area contributed by atoms with Crippen molar-refractivity contribution in [3.05, 3.63) is 63.0 Å². The highest BCUT2D eigenvalue weighted by atomic mass is 35.5. The van der Waals surface area contributed by atoms with Crippen LogP contribution < -0.4 is 5.56 Å². The average Bonchev–Trinajstić information content (AvgIpc) is 3.37. The molecular weight excluding hydrogens is 382 g/mol. The second-order valence-corrected chi connectivity index (χ2v) is 8.22. The molecule has 5 nitrogen and oxygen atoms in total. The minimum absolute atomic E-state index is 0.0172. The average molecular weight is 402 g/mol. The van der Waals surface area contributed by atoms with Gasteiger partial charge >= 0.3 is 0 Å². The van der Waals surface area contributed by atoms with Gasteiger partial charge < -0.3 is 4.90 Å². The summed E-state index contributed by atoms with van der Waals surface area (Å²) in [7, 11) is 0. The maximum absolute atomic E-state index is 13.0. The van der Waals surface area contributed by atoms with Crippen molar-refractivity contribution in [2.24, 2.45) is 0 Å². The van der Waals surface area contributed by atoms with Crippen molar-refractivity contribution in [3.63, 3.8) is 0 Å². The normalized spacial score (nSPS) is 15.0. The van der Waals surface area contributed by atoms with E-state index in [9.17, 15) is 9.59 Å². The van der Waals surface area contributed by atoms with E-state index in [-0.39, 0.29) is 30.0 Å². The molecule has 7 heteroatoms. The zero-order valence-electron chi connectivity index (χ0n) is 15.0. The number of carbonyl (C=O) groups is 1. The minimum atomic E-state index is -0.0854. The molecule has 0 N–H and O–H groups in total. The molecule has 2 aromatic heterocycles. The molecule has 1 atom stereocenters. The summed E-state index contributed by atoms with van der Waals surface area (Å²) in [6, 6.07) is 9.69. The molecule has 3 aromatic rings. The number of amides is 1. The molecule has 27 heavy (non-hydrogen) atoms. The molecule has 1 aliphatic rings. The predicted molar refractivity (Wildman–Crippen MR) is 108 cm³/mol. The molecule has 1 unspecified atom stereocenters. The fourth-order valence-electron chi connectivity index (χ4n) is 3.39. The van der Waals surface area contributed by atoms with Crippen LogP contribution in [0.3, 0.4) is 0 Å². The maximum atomic E-state index is 13.0. The summed E-state index contributed by atoms with van der Waals surface area (Å²) in [6.45, 7) is 2.39. The fraction of sp³-hybridized carbons (Fsp3) is 0.350. The van der Waals surface area contributed by atoms with Gasteiger partial charge in [-0.1, -0.05) is 23.7 Å². The molecule has 0 bridgehead atoms. The van der Waals surface area contributed by atoms with Crippen LogP contribution in [-0.4, -0.2) is 26.4 Å². The van der Waals surface area contributed by atoms with Crippen LogP contribution in [0.2, 0.25) is 5.02 Å². The molecule has 1 amide bonds. The van der Waals surface area contributed by atoms with E-state index in [2.05, 4.69) is 4.98 Å². The highest BCUT2D eigenvalue weighted by molar-refractivity contribution is 7.16. The van der Waals surface area contributed by atoms with Gasteiger partial charge in [0.2, 0.25) is 5.91 Å². The van der Waals surface area contributed by atoms with Crippen molar-refractivity contribution in [1.29, 1.82) is 0 Å². The van der Waals surface area contributed by atoms with E-state index >= 15 is 0 Å². The molecule has 140 valence electrons. The second-order valence-electron chi connectivity index (χ2n) is 6.89. The van der Waals surface area contributed by atoms with E-state index < -0.39 is 0 Å². The van der Waals surface area contributed by atoms with Crippen molar-refractivity contribution < 1.29 is 4.79 Å². The van der Waals surface area contributed by atoms with Crippen LogP contribution in [0.1, 0.15) is 37.8 Å². The topological polar surface area (TPSA) is 55.2 Å². The third-order valence-electron chi connectivity index (χ3n) is 5.01. The first-order chi connectivity index (χ1) is 13.0. The molecule has 1 aliphatic carbocycles. The van der Waals surface area contributed by atoms with Crippen molar-refractivity contribution in [2.75, 3.05) is 0 Å². The van der Waals surface area contributed by atoms with Crippen molar-refractivity contribution >= 4 is 39.1 Å². The van der Waals surface area contributed by atoms with Crippen LogP contribution >= 0.6 is 22.9 Å². The Labute approximate surface area is 166 Å². The van der Waals surface area contributed by atoms with Crippen LogP contribution in [0.4, 0.5) is 0 Å². The Kier molecular flexibility index (Phi) is 5.02. The van der Waals surface area contributed by atoms with E-state index in [0.717, 1.165) is 23.2 Å². The lowest BCUT2D eigenvalue weighted by Crippen LogP contribution is -2.36. The van der Waals surface area contributed by atoms with Crippen LogP contribution in [0.15, 0.2) is 46.8 Å². The van der Waals surface area contributed by atoms with Gasteiger partial charge in [-0.2, -0.15) is 0 Å². The summed E-state index contributed by atoms with van der Waals surface area (Å²) in [5, 5.41) is 3.16. The summed E-state index contributed by atoms with van der Waals surface area (Å²) in [4.78, 5) is 32.5. The molecule has 0 radical (unpaired) electrons. The van der Waals surface area contributed by atoms with Gasteiger partial charge in [0.25, 0.3) is 5.56 Å². The molecule has 0 saturated heterocycles. The SMILES string of the molecule is CC(c1ccc(Cl)cc1)N(C(=O)CCn1cnc2sccc2c1=O)C1CC1. The van der Waals surface area contributed by atoms with E-state index in [0.29, 0.717) is 17.0 Å². The van der Waals surface area contributed by atoms with E-state index in [1.54, 1.807) is 12.4 Å². The number of aromatic nitrogens is 2. The van der Waals surface area contributed by atoms with E-state index in [1.165, 1.54) is 15.9 Å². The third-order valence-corrected chi connectivity index (χ3v) is 6.09. The second kappa shape index (κ2) is 7.44. The summed E-state index contributed by atoms with van der Waals surface area (Å²) < 4.78 is 1.53. The zero-order chi connectivity index (χ0) is 19.0. The molecule has 1 aromatic carbocycles. The lowest BCUT2D eigenvalue weighted by Gasteiger charge is -2.30. The Hall–Kier alpha value is -2.18. The van der Waals surface area contributed by atoms with Crippen LogP contribution in [-0.2, 0) is 11.3 Å². The Morgan fingerprint density at radius 2 is 2.07 bits per heavy atom. The summed E-state index contributed by atoms with van der Waals surface area (Å²) >= 11 is 7.43. The van der Waals surface area contributed by atoms with Gasteiger partial charge in [0.15, 0.2) is 0 Å². The monoisotopic (exact) mass is 401 g/mol. The van der Waals surface area contributed by atoms with Crippen LogP contribution in [0.5, 0.6) is 0 Å². The standard InChI is InChI=1S/C20H20ClN3O2S/c1-13(14-2-4-15(21)5-3-14)24(16-6-7-16)18(25)8-10-23-12-22-19-17(20(23)26)9-11-27-19/h2-5,9,11-13,16H,6-8,10H2,1H3. The Bertz CT molecular complexity index is 1020. The number of halogens is 1. The first-order valence-corrected chi connectivity index (χ1v) is 10.3. The van der Waals surface area contributed by atoms with E-state index in [1.807, 2.05) is 41.5 Å². The van der Waals surface area contributed by atoms with Crippen molar-refractivity contribution in [1.82, 2.24) is 14.5 Å². The molecule has 1 fully saturated rings. The quantitative estimate of drug-likeness (QED) is 0.620. The lowest BCUT2D eigenvalue weighted by atomic mass is 10.1. The van der Waals surface area contributed by atoms with Crippen LogP contribution in [0.25, 0.3) is 10.2 Å². The van der Waals surface area contributed by atoms with Gasteiger partial charge in [-0.25, -0.2) is 4.98 Å². The number of benzene rings is 1. The highest BCUT2D eigenvalue weighted by Crippen LogP contribution is 2.35.